The molecule has 5 nitrogen and oxygen atoms in total. The summed E-state index contributed by atoms with van der Waals surface area (Å²) < 4.78 is 5.49. The molecular weight excluding hydrogens is 290 g/mol. The molecule has 2 aromatic heterocycles. The molecule has 2 aromatic rings. The van der Waals surface area contributed by atoms with E-state index in [9.17, 15) is 4.79 Å². The van der Waals surface area contributed by atoms with Crippen LogP contribution in [0.3, 0.4) is 0 Å². The van der Waals surface area contributed by atoms with Crippen LogP contribution in [0.2, 0.25) is 0 Å². The molecule has 2 aliphatic rings. The Morgan fingerprint density at radius 1 is 1.17 bits per heavy atom. The summed E-state index contributed by atoms with van der Waals surface area (Å²) in [7, 11) is 0. The Bertz CT molecular complexity index is 656. The number of piperidine rings is 1. The van der Waals surface area contributed by atoms with Gasteiger partial charge in [-0.25, -0.2) is 0 Å². The zero-order valence-corrected chi connectivity index (χ0v) is 13.1. The molecule has 4 heterocycles. The minimum absolute atomic E-state index is 0.273. The van der Waals surface area contributed by atoms with Crippen molar-refractivity contribution in [2.24, 2.45) is 0 Å². The van der Waals surface area contributed by atoms with Crippen molar-refractivity contribution < 1.29 is 9.21 Å². The van der Waals surface area contributed by atoms with Gasteiger partial charge < -0.3 is 9.32 Å². The fourth-order valence-electron chi connectivity index (χ4n) is 3.93. The molecule has 0 saturated carbocycles. The van der Waals surface area contributed by atoms with E-state index in [-0.39, 0.29) is 5.91 Å². The first-order valence-electron chi connectivity index (χ1n) is 8.26. The van der Waals surface area contributed by atoms with E-state index < -0.39 is 0 Å². The summed E-state index contributed by atoms with van der Waals surface area (Å²) in [6, 6.07) is 8.68. The third-order valence-corrected chi connectivity index (χ3v) is 5.01. The molecule has 0 aromatic carbocycles. The summed E-state index contributed by atoms with van der Waals surface area (Å²) in [5.41, 5.74) is 1.10. The lowest BCUT2D eigenvalue weighted by molar-refractivity contribution is -0.138. The smallest absolute Gasteiger partial charge is 0.223 e. The second-order valence-corrected chi connectivity index (χ2v) is 6.39. The van der Waals surface area contributed by atoms with Crippen molar-refractivity contribution in [3.8, 4) is 0 Å². The van der Waals surface area contributed by atoms with Crippen LogP contribution >= 0.6 is 0 Å². The molecular formula is C18H21N3O2. The van der Waals surface area contributed by atoms with Gasteiger partial charge in [-0.3, -0.25) is 14.7 Å². The van der Waals surface area contributed by atoms with Crippen LogP contribution in [0.1, 0.15) is 30.6 Å². The van der Waals surface area contributed by atoms with Crippen molar-refractivity contribution in [3.05, 3.63) is 54.2 Å². The van der Waals surface area contributed by atoms with Gasteiger partial charge in [0.1, 0.15) is 5.76 Å². The largest absolute Gasteiger partial charge is 0.468 e. The van der Waals surface area contributed by atoms with Crippen molar-refractivity contribution in [1.29, 1.82) is 0 Å². The maximum Gasteiger partial charge on any atom is 0.223 e. The average molecular weight is 311 g/mol. The number of aromatic nitrogens is 1. The maximum atomic E-state index is 12.4. The average Bonchev–Trinajstić information content (AvgIpc) is 3.22. The van der Waals surface area contributed by atoms with E-state index >= 15 is 0 Å². The van der Waals surface area contributed by atoms with Crippen LogP contribution in [0.5, 0.6) is 0 Å². The first-order valence-corrected chi connectivity index (χ1v) is 8.26. The standard InChI is InChI=1S/C18H21N3O2/c22-18-6-5-16-17(21(18)12-14-3-1-8-19-11-14)7-9-20(16)13-15-4-2-10-23-15/h1-4,8,10-11,16-17H,5-7,9,12-13H2/t16-,17-/m1/s1. The van der Waals surface area contributed by atoms with Gasteiger partial charge in [-0.2, -0.15) is 0 Å². The van der Waals surface area contributed by atoms with E-state index in [1.54, 1.807) is 12.5 Å². The van der Waals surface area contributed by atoms with E-state index in [2.05, 4.69) is 14.8 Å². The number of furan rings is 1. The van der Waals surface area contributed by atoms with Gasteiger partial charge in [0.15, 0.2) is 0 Å². The Kier molecular flexibility index (Phi) is 3.87. The lowest BCUT2D eigenvalue weighted by Crippen LogP contribution is -2.51. The molecule has 1 amide bonds. The van der Waals surface area contributed by atoms with Gasteiger partial charge in [-0.15, -0.1) is 0 Å². The number of hydrogen-bond acceptors (Lipinski definition) is 4. The molecule has 4 rings (SSSR count). The van der Waals surface area contributed by atoms with Gasteiger partial charge in [-0.1, -0.05) is 6.07 Å². The molecule has 5 heteroatoms. The SMILES string of the molecule is O=C1CC[C@@H]2[C@@H](CCN2Cc2ccco2)N1Cc1cccnc1. The third kappa shape index (κ3) is 2.88. The van der Waals surface area contributed by atoms with Gasteiger partial charge in [0.25, 0.3) is 0 Å². The second kappa shape index (κ2) is 6.16. The number of likely N-dealkylation sites (tertiary alicyclic amines) is 2. The Morgan fingerprint density at radius 3 is 2.91 bits per heavy atom. The zero-order chi connectivity index (χ0) is 15.6. The molecule has 2 atom stereocenters. The molecule has 0 bridgehead atoms. The van der Waals surface area contributed by atoms with E-state index in [0.717, 1.165) is 37.3 Å². The Labute approximate surface area is 135 Å². The number of hydrogen-bond donors (Lipinski definition) is 0. The van der Waals surface area contributed by atoms with Gasteiger partial charge in [0.05, 0.1) is 12.8 Å². The fraction of sp³-hybridized carbons (Fsp3) is 0.444. The van der Waals surface area contributed by atoms with E-state index in [0.29, 0.717) is 25.0 Å². The van der Waals surface area contributed by atoms with Gasteiger partial charge >= 0.3 is 0 Å². The van der Waals surface area contributed by atoms with Gasteiger partial charge in [0, 0.05) is 44.0 Å². The molecule has 120 valence electrons. The lowest BCUT2D eigenvalue weighted by atomic mass is 9.95. The third-order valence-electron chi connectivity index (χ3n) is 5.01. The molecule has 0 aliphatic carbocycles. The topological polar surface area (TPSA) is 49.6 Å². The fourth-order valence-corrected chi connectivity index (χ4v) is 3.93. The van der Waals surface area contributed by atoms with Gasteiger partial charge in [-0.05, 0) is 36.6 Å². The summed E-state index contributed by atoms with van der Waals surface area (Å²) in [6.07, 6.45) is 7.97. The molecule has 0 spiro atoms. The highest BCUT2D eigenvalue weighted by Gasteiger charge is 2.43. The number of amides is 1. The number of nitrogens with zero attached hydrogens (tertiary/aromatic N) is 3. The molecule has 23 heavy (non-hydrogen) atoms. The summed E-state index contributed by atoms with van der Waals surface area (Å²) in [5, 5.41) is 0. The minimum Gasteiger partial charge on any atom is -0.468 e. The highest BCUT2D eigenvalue weighted by atomic mass is 16.3. The highest BCUT2D eigenvalue weighted by Crippen LogP contribution is 2.33. The van der Waals surface area contributed by atoms with Crippen LogP contribution in [0.4, 0.5) is 0 Å². The van der Waals surface area contributed by atoms with Crippen molar-refractivity contribution in [2.45, 2.75) is 44.4 Å². The maximum absolute atomic E-state index is 12.4. The van der Waals surface area contributed by atoms with Crippen LogP contribution in [0, 0.1) is 0 Å². The second-order valence-electron chi connectivity index (χ2n) is 6.39. The molecule has 2 saturated heterocycles. The molecule has 0 N–H and O–H groups in total. The van der Waals surface area contributed by atoms with Crippen LogP contribution in [0.25, 0.3) is 0 Å². The molecule has 0 unspecified atom stereocenters. The van der Waals surface area contributed by atoms with Gasteiger partial charge in [0.2, 0.25) is 5.91 Å². The lowest BCUT2D eigenvalue weighted by Gasteiger charge is -2.39. The normalized spacial score (nSPS) is 24.9. The highest BCUT2D eigenvalue weighted by molar-refractivity contribution is 5.77. The Morgan fingerprint density at radius 2 is 2.13 bits per heavy atom. The summed E-state index contributed by atoms with van der Waals surface area (Å²) in [4.78, 5) is 21.1. The number of fused-ring (bicyclic) bond motifs is 1. The van der Waals surface area contributed by atoms with Crippen molar-refractivity contribution in [3.63, 3.8) is 0 Å². The first-order chi connectivity index (χ1) is 11.3. The monoisotopic (exact) mass is 311 g/mol. The van der Waals surface area contributed by atoms with E-state index in [4.69, 9.17) is 4.42 Å². The number of rotatable bonds is 4. The minimum atomic E-state index is 0.273. The summed E-state index contributed by atoms with van der Waals surface area (Å²) in [5.74, 6) is 1.27. The summed E-state index contributed by atoms with van der Waals surface area (Å²) in [6.45, 7) is 2.53. The van der Waals surface area contributed by atoms with Crippen LogP contribution in [-0.4, -0.2) is 39.3 Å². The predicted octanol–water partition coefficient (Wildman–Crippen LogP) is 2.44. The van der Waals surface area contributed by atoms with Crippen molar-refractivity contribution in [2.75, 3.05) is 6.54 Å². The summed E-state index contributed by atoms with van der Waals surface area (Å²) >= 11 is 0. The van der Waals surface area contributed by atoms with E-state index in [1.807, 2.05) is 30.5 Å². The number of pyridine rings is 1. The molecule has 2 fully saturated rings. The molecule has 0 radical (unpaired) electrons. The van der Waals surface area contributed by atoms with Crippen LogP contribution in [-0.2, 0) is 17.9 Å². The zero-order valence-electron chi connectivity index (χ0n) is 13.1. The Balaban J connectivity index is 1.49. The van der Waals surface area contributed by atoms with Crippen LogP contribution in [0.15, 0.2) is 47.3 Å². The number of carbonyl (C=O) groups is 1. The van der Waals surface area contributed by atoms with Crippen molar-refractivity contribution >= 4 is 5.91 Å². The number of carbonyl (C=O) groups excluding carboxylic acids is 1. The van der Waals surface area contributed by atoms with Crippen LogP contribution < -0.4 is 0 Å². The predicted molar refractivity (Wildman–Crippen MR) is 85.3 cm³/mol. The molecule has 2 aliphatic heterocycles. The first kappa shape index (κ1) is 14.5. The van der Waals surface area contributed by atoms with Crippen molar-refractivity contribution in [1.82, 2.24) is 14.8 Å². The quantitative estimate of drug-likeness (QED) is 0.870. The van der Waals surface area contributed by atoms with E-state index in [1.165, 1.54) is 0 Å². The Hall–Kier alpha value is -2.14.